The number of benzene rings is 2. The lowest BCUT2D eigenvalue weighted by Crippen LogP contribution is -2.34. The van der Waals surface area contributed by atoms with E-state index in [0.717, 1.165) is 29.0 Å². The molecule has 2 unspecified atom stereocenters. The number of alkyl halides is 3. The van der Waals surface area contributed by atoms with E-state index in [1.54, 1.807) is 5.01 Å². The van der Waals surface area contributed by atoms with Crippen LogP contribution in [0.2, 0.25) is 0 Å². The van der Waals surface area contributed by atoms with Gasteiger partial charge in [0.25, 0.3) is 0 Å². The summed E-state index contributed by atoms with van der Waals surface area (Å²) in [4.78, 5) is 0. The van der Waals surface area contributed by atoms with Crippen molar-refractivity contribution in [2.75, 3.05) is 5.01 Å². The molecule has 24 heavy (non-hydrogen) atoms. The first-order valence-corrected chi connectivity index (χ1v) is 7.63. The van der Waals surface area contributed by atoms with E-state index >= 15 is 0 Å². The molecule has 124 valence electrons. The van der Waals surface area contributed by atoms with Crippen LogP contribution >= 0.6 is 0 Å². The van der Waals surface area contributed by atoms with Crippen LogP contribution in [0.5, 0.6) is 5.75 Å². The van der Waals surface area contributed by atoms with E-state index in [2.05, 4.69) is 5.43 Å². The summed E-state index contributed by atoms with van der Waals surface area (Å²) < 4.78 is 44.0. The molecule has 2 atom stereocenters. The molecule has 4 rings (SSSR count). The van der Waals surface area contributed by atoms with E-state index in [0.29, 0.717) is 5.69 Å². The first-order chi connectivity index (χ1) is 11.4. The number of nitrogens with one attached hydrogen (secondary N) is 1. The van der Waals surface area contributed by atoms with E-state index in [4.69, 9.17) is 4.74 Å². The fourth-order valence-electron chi connectivity index (χ4n) is 3.11. The first kappa shape index (κ1) is 15.1. The van der Waals surface area contributed by atoms with Gasteiger partial charge < -0.3 is 4.74 Å². The van der Waals surface area contributed by atoms with Gasteiger partial charge in [-0.2, -0.15) is 13.2 Å². The fraction of sp³-hybridized carbons (Fsp3) is 0.222. The third-order valence-corrected chi connectivity index (χ3v) is 4.36. The van der Waals surface area contributed by atoms with Crippen molar-refractivity contribution in [2.24, 2.45) is 0 Å². The van der Waals surface area contributed by atoms with E-state index in [1.165, 1.54) is 12.1 Å². The van der Waals surface area contributed by atoms with E-state index in [1.807, 2.05) is 37.4 Å². The van der Waals surface area contributed by atoms with Gasteiger partial charge in [-0.15, -0.1) is 0 Å². The lowest BCUT2D eigenvalue weighted by molar-refractivity contribution is -0.137. The Hall–Kier alpha value is -2.47. The second kappa shape index (κ2) is 5.27. The van der Waals surface area contributed by atoms with Crippen molar-refractivity contribution in [2.45, 2.75) is 25.2 Å². The second-order valence-electron chi connectivity index (χ2n) is 5.90. The Bertz CT molecular complexity index is 799. The summed E-state index contributed by atoms with van der Waals surface area (Å²) in [6.45, 7) is 1.96. The Morgan fingerprint density at radius 1 is 1.04 bits per heavy atom. The maximum absolute atomic E-state index is 12.7. The molecular weight excluding hydrogens is 317 g/mol. The third kappa shape index (κ3) is 2.43. The van der Waals surface area contributed by atoms with Gasteiger partial charge in [-0.3, -0.25) is 5.01 Å². The molecular formula is C18H15F3N2O. The summed E-state index contributed by atoms with van der Waals surface area (Å²) in [6.07, 6.45) is -2.53. The van der Waals surface area contributed by atoms with Gasteiger partial charge in [-0.1, -0.05) is 18.2 Å². The molecule has 0 bridgehead atoms. The largest absolute Gasteiger partial charge is 0.486 e. The zero-order valence-electron chi connectivity index (χ0n) is 12.8. The molecule has 2 aliphatic rings. The predicted molar refractivity (Wildman–Crippen MR) is 84.4 cm³/mol. The summed E-state index contributed by atoms with van der Waals surface area (Å²) in [6, 6.07) is 12.8. The van der Waals surface area contributed by atoms with Crippen LogP contribution in [0.1, 0.15) is 24.1 Å². The zero-order chi connectivity index (χ0) is 16.9. The van der Waals surface area contributed by atoms with Gasteiger partial charge in [0.2, 0.25) is 0 Å². The van der Waals surface area contributed by atoms with Crippen molar-refractivity contribution in [3.63, 3.8) is 0 Å². The lowest BCUT2D eigenvalue weighted by atomic mass is 9.94. The Labute approximate surface area is 137 Å². The SMILES string of the molecule is CC1Oc2ccccc2C2NN(c3ccc(C(F)(F)F)cc3)C=C12. The van der Waals surface area contributed by atoms with E-state index < -0.39 is 11.7 Å². The number of nitrogens with zero attached hydrogens (tertiary/aromatic N) is 1. The number of hydrazine groups is 1. The minimum Gasteiger partial charge on any atom is -0.486 e. The molecule has 0 fully saturated rings. The molecule has 1 N–H and O–H groups in total. The molecule has 0 aliphatic carbocycles. The minimum absolute atomic E-state index is 0.0350. The van der Waals surface area contributed by atoms with Gasteiger partial charge in [0.1, 0.15) is 11.9 Å². The highest BCUT2D eigenvalue weighted by Gasteiger charge is 2.36. The summed E-state index contributed by atoms with van der Waals surface area (Å²) in [5.74, 6) is 0.828. The number of anilines is 1. The molecule has 2 heterocycles. The highest BCUT2D eigenvalue weighted by atomic mass is 19.4. The van der Waals surface area contributed by atoms with Crippen molar-refractivity contribution in [1.82, 2.24) is 5.43 Å². The zero-order valence-corrected chi connectivity index (χ0v) is 12.8. The van der Waals surface area contributed by atoms with Crippen LogP contribution in [-0.2, 0) is 6.18 Å². The van der Waals surface area contributed by atoms with Crippen LogP contribution < -0.4 is 15.2 Å². The fourth-order valence-corrected chi connectivity index (χ4v) is 3.11. The van der Waals surface area contributed by atoms with Crippen molar-refractivity contribution in [3.8, 4) is 5.75 Å². The predicted octanol–water partition coefficient (Wildman–Crippen LogP) is 4.44. The second-order valence-corrected chi connectivity index (χ2v) is 5.90. The summed E-state index contributed by atoms with van der Waals surface area (Å²) >= 11 is 0. The standard InChI is InChI=1S/C18H15F3N2O/c1-11-15-10-23(13-8-6-12(7-9-13)18(19,20)21)22-17(15)14-4-2-3-5-16(14)24-11/h2-11,17,22H,1H3. The lowest BCUT2D eigenvalue weighted by Gasteiger charge is -2.30. The Morgan fingerprint density at radius 3 is 2.46 bits per heavy atom. The summed E-state index contributed by atoms with van der Waals surface area (Å²) in [5, 5.41) is 1.75. The molecule has 0 aromatic heterocycles. The number of para-hydroxylation sites is 1. The van der Waals surface area contributed by atoms with Crippen molar-refractivity contribution >= 4 is 5.69 Å². The molecule has 0 spiro atoms. The van der Waals surface area contributed by atoms with E-state index in [-0.39, 0.29) is 12.1 Å². The Morgan fingerprint density at radius 2 is 1.75 bits per heavy atom. The first-order valence-electron chi connectivity index (χ1n) is 7.63. The normalized spacial score (nSPS) is 22.5. The average molecular weight is 332 g/mol. The van der Waals surface area contributed by atoms with Crippen molar-refractivity contribution in [1.29, 1.82) is 0 Å². The number of hydrogen-bond donors (Lipinski definition) is 1. The van der Waals surface area contributed by atoms with Crippen LogP contribution in [0.15, 0.2) is 60.3 Å². The topological polar surface area (TPSA) is 24.5 Å². The number of halogens is 3. The molecule has 2 aromatic rings. The third-order valence-electron chi connectivity index (χ3n) is 4.36. The average Bonchev–Trinajstić information content (AvgIpc) is 3.00. The quantitative estimate of drug-likeness (QED) is 0.836. The highest BCUT2D eigenvalue weighted by Crippen LogP contribution is 2.42. The molecule has 2 aliphatic heterocycles. The smallest absolute Gasteiger partial charge is 0.416 e. The van der Waals surface area contributed by atoms with Gasteiger partial charge in [0.15, 0.2) is 0 Å². The van der Waals surface area contributed by atoms with Crippen molar-refractivity contribution in [3.05, 3.63) is 71.4 Å². The maximum Gasteiger partial charge on any atom is 0.416 e. The minimum atomic E-state index is -4.33. The molecule has 6 heteroatoms. The molecule has 3 nitrogen and oxygen atoms in total. The molecule has 0 radical (unpaired) electrons. The van der Waals surface area contributed by atoms with Gasteiger partial charge in [-0.05, 0) is 37.3 Å². The van der Waals surface area contributed by atoms with Crippen LogP contribution in [0.25, 0.3) is 0 Å². The van der Waals surface area contributed by atoms with Gasteiger partial charge in [0.05, 0.1) is 17.3 Å². The van der Waals surface area contributed by atoms with Gasteiger partial charge in [-0.25, -0.2) is 5.43 Å². The molecule has 0 amide bonds. The van der Waals surface area contributed by atoms with Crippen LogP contribution in [0.3, 0.4) is 0 Å². The van der Waals surface area contributed by atoms with E-state index in [9.17, 15) is 13.2 Å². The highest BCUT2D eigenvalue weighted by molar-refractivity contribution is 5.56. The van der Waals surface area contributed by atoms with Gasteiger partial charge >= 0.3 is 6.18 Å². The van der Waals surface area contributed by atoms with Crippen LogP contribution in [-0.4, -0.2) is 6.10 Å². The number of hydrogen-bond acceptors (Lipinski definition) is 3. The maximum atomic E-state index is 12.7. The number of ether oxygens (including phenoxy) is 1. The Balaban J connectivity index is 1.65. The van der Waals surface area contributed by atoms with Crippen LogP contribution in [0.4, 0.5) is 18.9 Å². The summed E-state index contributed by atoms with van der Waals surface area (Å²) in [7, 11) is 0. The van der Waals surface area contributed by atoms with Gasteiger partial charge in [0, 0.05) is 17.3 Å². The number of rotatable bonds is 1. The van der Waals surface area contributed by atoms with Crippen molar-refractivity contribution < 1.29 is 17.9 Å². The van der Waals surface area contributed by atoms with Crippen LogP contribution in [0, 0.1) is 0 Å². The molecule has 0 saturated heterocycles. The molecule has 0 saturated carbocycles. The molecule has 2 aromatic carbocycles. The monoisotopic (exact) mass is 332 g/mol. The number of fused-ring (bicyclic) bond motifs is 3. The Kier molecular flexibility index (Phi) is 3.31. The summed E-state index contributed by atoms with van der Waals surface area (Å²) in [5.41, 5.74) is 5.40.